The predicted octanol–water partition coefficient (Wildman–Crippen LogP) is 6.82. The molecule has 0 aliphatic heterocycles. The summed E-state index contributed by atoms with van der Waals surface area (Å²) in [5.41, 5.74) is 0. The Labute approximate surface area is 116 Å². The number of hydrogen-bond donors (Lipinski definition) is 0. The van der Waals surface area contributed by atoms with E-state index < -0.39 is 0 Å². The van der Waals surface area contributed by atoms with Crippen LogP contribution in [0, 0.1) is 0 Å². The quantitative estimate of drug-likeness (QED) is 0.248. The topological polar surface area (TPSA) is 0 Å². The van der Waals surface area contributed by atoms with Gasteiger partial charge in [0.25, 0.3) is 0 Å². The van der Waals surface area contributed by atoms with Crippen molar-refractivity contribution in [1.29, 1.82) is 0 Å². The molecule has 0 fully saturated rings. The Kier molecular flexibility index (Phi) is 16.0. The van der Waals surface area contributed by atoms with Crippen LogP contribution in [0.4, 0.5) is 0 Å². The lowest BCUT2D eigenvalue weighted by Crippen LogP contribution is -1.75. The molecule has 0 aromatic rings. The van der Waals surface area contributed by atoms with E-state index in [1.54, 1.807) is 0 Å². The Balaban J connectivity index is 3.10. The Hall–Kier alpha value is -0.520. The summed E-state index contributed by atoms with van der Waals surface area (Å²) in [4.78, 5) is 0. The van der Waals surface area contributed by atoms with Gasteiger partial charge in [-0.2, -0.15) is 0 Å². The molecule has 0 heterocycles. The van der Waals surface area contributed by atoms with E-state index in [9.17, 15) is 0 Å². The van der Waals surface area contributed by atoms with Gasteiger partial charge in [-0.25, -0.2) is 0 Å². The number of allylic oxidation sites excluding steroid dienone is 4. The van der Waals surface area contributed by atoms with Crippen molar-refractivity contribution in [2.45, 2.75) is 90.9 Å². The predicted molar refractivity (Wildman–Crippen MR) is 85.0 cm³/mol. The summed E-state index contributed by atoms with van der Waals surface area (Å²) in [7, 11) is 0. The molecule has 0 rings (SSSR count). The molecule has 18 heavy (non-hydrogen) atoms. The van der Waals surface area contributed by atoms with Crippen LogP contribution in [0.3, 0.4) is 0 Å². The molecular formula is C18H34. The van der Waals surface area contributed by atoms with Gasteiger partial charge in [-0.1, -0.05) is 63.8 Å². The van der Waals surface area contributed by atoms with Gasteiger partial charge in [-0.3, -0.25) is 0 Å². The van der Waals surface area contributed by atoms with E-state index >= 15 is 0 Å². The summed E-state index contributed by atoms with van der Waals surface area (Å²) < 4.78 is 0. The monoisotopic (exact) mass is 250 g/mol. The first-order chi connectivity index (χ1) is 8.91. The minimum absolute atomic E-state index is 1.27. The van der Waals surface area contributed by atoms with E-state index in [1.165, 1.54) is 77.0 Å². The zero-order valence-corrected chi connectivity index (χ0v) is 12.8. The molecule has 0 aromatic heterocycles. The average Bonchev–Trinajstić information content (AvgIpc) is 2.39. The van der Waals surface area contributed by atoms with Crippen molar-refractivity contribution in [3.8, 4) is 0 Å². The lowest BCUT2D eigenvalue weighted by Gasteiger charge is -1.95. The fourth-order valence-corrected chi connectivity index (χ4v) is 2.02. The minimum atomic E-state index is 1.27. The van der Waals surface area contributed by atoms with E-state index in [2.05, 4.69) is 38.2 Å². The van der Waals surface area contributed by atoms with Crippen molar-refractivity contribution in [3.05, 3.63) is 24.3 Å². The summed E-state index contributed by atoms with van der Waals surface area (Å²) in [6.07, 6.45) is 25.5. The van der Waals surface area contributed by atoms with Crippen LogP contribution in [0.2, 0.25) is 0 Å². The van der Waals surface area contributed by atoms with E-state index in [0.717, 1.165) is 0 Å². The van der Waals surface area contributed by atoms with E-state index in [4.69, 9.17) is 0 Å². The number of hydrogen-bond acceptors (Lipinski definition) is 0. The molecule has 0 saturated carbocycles. The zero-order chi connectivity index (χ0) is 13.3. The summed E-state index contributed by atoms with van der Waals surface area (Å²) in [5, 5.41) is 0. The normalized spacial score (nSPS) is 11.9. The van der Waals surface area contributed by atoms with Gasteiger partial charge < -0.3 is 0 Å². The van der Waals surface area contributed by atoms with Crippen molar-refractivity contribution >= 4 is 0 Å². The molecule has 0 N–H and O–H groups in total. The highest BCUT2D eigenvalue weighted by molar-refractivity contribution is 4.83. The van der Waals surface area contributed by atoms with E-state index in [-0.39, 0.29) is 0 Å². The molecule has 0 aromatic carbocycles. The molecule has 0 saturated heterocycles. The van der Waals surface area contributed by atoms with Crippen LogP contribution < -0.4 is 0 Å². The largest absolute Gasteiger partial charge is 0.0885 e. The summed E-state index contributed by atoms with van der Waals surface area (Å²) in [6, 6.07) is 0. The Morgan fingerprint density at radius 3 is 1.00 bits per heavy atom. The highest BCUT2D eigenvalue weighted by Crippen LogP contribution is 2.05. The molecule has 0 aliphatic rings. The van der Waals surface area contributed by atoms with Crippen LogP contribution in [0.5, 0.6) is 0 Å². The third-order valence-electron chi connectivity index (χ3n) is 3.27. The van der Waals surface area contributed by atoms with E-state index in [0.29, 0.717) is 0 Å². The molecule has 0 bridgehead atoms. The zero-order valence-electron chi connectivity index (χ0n) is 12.8. The third kappa shape index (κ3) is 15.5. The maximum Gasteiger partial charge on any atom is -0.0351 e. The van der Waals surface area contributed by atoms with E-state index in [1.807, 2.05) is 0 Å². The lowest BCUT2D eigenvalue weighted by atomic mass is 10.1. The van der Waals surface area contributed by atoms with Crippen LogP contribution in [0.15, 0.2) is 24.3 Å². The second-order valence-electron chi connectivity index (χ2n) is 5.22. The second-order valence-corrected chi connectivity index (χ2v) is 5.22. The molecule has 0 spiro atoms. The molecule has 0 aliphatic carbocycles. The number of unbranched alkanes of at least 4 members (excludes halogenated alkanes) is 9. The lowest BCUT2D eigenvalue weighted by molar-refractivity contribution is 0.719. The Bertz CT molecular complexity index is 166. The van der Waals surface area contributed by atoms with Crippen LogP contribution >= 0.6 is 0 Å². The highest BCUT2D eigenvalue weighted by Gasteiger charge is 1.85. The first-order valence-electron chi connectivity index (χ1n) is 8.21. The summed E-state index contributed by atoms with van der Waals surface area (Å²) in [5.74, 6) is 0. The number of rotatable bonds is 13. The van der Waals surface area contributed by atoms with Gasteiger partial charge in [0.15, 0.2) is 0 Å². The van der Waals surface area contributed by atoms with Gasteiger partial charge in [0.2, 0.25) is 0 Å². The molecule has 0 unspecified atom stereocenters. The molecule has 106 valence electrons. The molecular weight excluding hydrogens is 216 g/mol. The standard InChI is InChI=1S/C18H34/c1-3-5-7-9-11-13-15-17-18-16-14-12-10-8-6-4-2/h11-14H,3-10,15-18H2,1-2H3/b13-11+,14-12+. The summed E-state index contributed by atoms with van der Waals surface area (Å²) >= 11 is 0. The van der Waals surface area contributed by atoms with Crippen LogP contribution in [0.25, 0.3) is 0 Å². The van der Waals surface area contributed by atoms with Gasteiger partial charge >= 0.3 is 0 Å². The second kappa shape index (κ2) is 16.5. The van der Waals surface area contributed by atoms with Gasteiger partial charge in [0.1, 0.15) is 0 Å². The van der Waals surface area contributed by atoms with Crippen molar-refractivity contribution in [3.63, 3.8) is 0 Å². The minimum Gasteiger partial charge on any atom is -0.0885 e. The van der Waals surface area contributed by atoms with Crippen molar-refractivity contribution in [2.75, 3.05) is 0 Å². The van der Waals surface area contributed by atoms with Gasteiger partial charge in [0.05, 0.1) is 0 Å². The van der Waals surface area contributed by atoms with Gasteiger partial charge in [-0.15, -0.1) is 0 Å². The fourth-order valence-electron chi connectivity index (χ4n) is 2.02. The Morgan fingerprint density at radius 1 is 0.444 bits per heavy atom. The smallest absolute Gasteiger partial charge is 0.0351 e. The fraction of sp³-hybridized carbons (Fsp3) is 0.778. The molecule has 0 atom stereocenters. The Morgan fingerprint density at radius 2 is 0.722 bits per heavy atom. The first-order valence-corrected chi connectivity index (χ1v) is 8.21. The molecule has 0 radical (unpaired) electrons. The molecule has 0 amide bonds. The highest BCUT2D eigenvalue weighted by atomic mass is 13.9. The van der Waals surface area contributed by atoms with Crippen LogP contribution in [-0.4, -0.2) is 0 Å². The average molecular weight is 250 g/mol. The summed E-state index contributed by atoms with van der Waals surface area (Å²) in [6.45, 7) is 4.53. The third-order valence-corrected chi connectivity index (χ3v) is 3.27. The van der Waals surface area contributed by atoms with Gasteiger partial charge in [0, 0.05) is 0 Å². The maximum atomic E-state index is 2.38. The van der Waals surface area contributed by atoms with Crippen molar-refractivity contribution in [2.24, 2.45) is 0 Å². The first kappa shape index (κ1) is 17.5. The van der Waals surface area contributed by atoms with Crippen LogP contribution in [0.1, 0.15) is 90.9 Å². The van der Waals surface area contributed by atoms with Crippen LogP contribution in [-0.2, 0) is 0 Å². The van der Waals surface area contributed by atoms with Gasteiger partial charge in [-0.05, 0) is 51.4 Å². The maximum absolute atomic E-state index is 2.38. The van der Waals surface area contributed by atoms with Crippen molar-refractivity contribution in [1.82, 2.24) is 0 Å². The molecule has 0 heteroatoms. The van der Waals surface area contributed by atoms with Crippen molar-refractivity contribution < 1.29 is 0 Å². The SMILES string of the molecule is CCCCC/C=C/CCCC/C=C/CCCCC. The molecule has 0 nitrogen and oxygen atoms in total.